The minimum Gasteiger partial charge on any atom is -0.439 e. The van der Waals surface area contributed by atoms with Crippen LogP contribution in [0, 0.1) is 6.92 Å². The first-order chi connectivity index (χ1) is 11.3. The summed E-state index contributed by atoms with van der Waals surface area (Å²) in [7, 11) is 0. The quantitative estimate of drug-likeness (QED) is 0.575. The molecule has 2 aromatic carbocycles. The summed E-state index contributed by atoms with van der Waals surface area (Å²) in [6, 6.07) is 17.6. The number of nitrogens with zero attached hydrogens (tertiary/aromatic N) is 4. The van der Waals surface area contributed by atoms with Crippen molar-refractivity contribution in [3.8, 4) is 17.3 Å². The number of fused-ring (bicyclic) bond motifs is 1. The SMILES string of the molecule is Cc1nccc(Oc2ccc(-n3ncc4ccccc43)cc2)n1. The van der Waals surface area contributed by atoms with Gasteiger partial charge in [-0.15, -0.1) is 0 Å². The fraction of sp³-hybridized carbons (Fsp3) is 0.0556. The van der Waals surface area contributed by atoms with Crippen molar-refractivity contribution >= 4 is 10.9 Å². The second-order valence-corrected chi connectivity index (χ2v) is 5.15. The van der Waals surface area contributed by atoms with Crippen LogP contribution in [0.1, 0.15) is 5.82 Å². The lowest BCUT2D eigenvalue weighted by atomic mass is 10.2. The fourth-order valence-corrected chi connectivity index (χ4v) is 2.44. The first-order valence-corrected chi connectivity index (χ1v) is 7.30. The molecule has 112 valence electrons. The van der Waals surface area contributed by atoms with Crippen LogP contribution in [0.15, 0.2) is 67.0 Å². The molecule has 2 heterocycles. The Morgan fingerprint density at radius 2 is 1.78 bits per heavy atom. The summed E-state index contributed by atoms with van der Waals surface area (Å²) in [6.07, 6.45) is 3.55. The number of aryl methyl sites for hydroxylation is 1. The predicted molar refractivity (Wildman–Crippen MR) is 87.9 cm³/mol. The fourth-order valence-electron chi connectivity index (χ4n) is 2.44. The molecule has 2 aromatic heterocycles. The van der Waals surface area contributed by atoms with Crippen LogP contribution in [0.5, 0.6) is 11.6 Å². The molecule has 0 N–H and O–H groups in total. The number of ether oxygens (including phenoxy) is 1. The van der Waals surface area contributed by atoms with Crippen LogP contribution in [0.4, 0.5) is 0 Å². The van der Waals surface area contributed by atoms with E-state index in [1.807, 2.05) is 60.3 Å². The molecule has 0 aliphatic carbocycles. The molecular weight excluding hydrogens is 288 g/mol. The van der Waals surface area contributed by atoms with Gasteiger partial charge in [0.05, 0.1) is 17.4 Å². The van der Waals surface area contributed by atoms with E-state index in [0.717, 1.165) is 22.3 Å². The lowest BCUT2D eigenvalue weighted by molar-refractivity contribution is 0.459. The molecule has 4 aromatic rings. The summed E-state index contributed by atoms with van der Waals surface area (Å²) in [5.41, 5.74) is 2.06. The normalized spacial score (nSPS) is 10.8. The monoisotopic (exact) mass is 302 g/mol. The van der Waals surface area contributed by atoms with E-state index in [1.165, 1.54) is 0 Å². The van der Waals surface area contributed by atoms with Gasteiger partial charge in [0, 0.05) is 17.6 Å². The van der Waals surface area contributed by atoms with Gasteiger partial charge in [0.1, 0.15) is 11.6 Å². The molecule has 5 nitrogen and oxygen atoms in total. The van der Waals surface area contributed by atoms with Crippen LogP contribution in [-0.4, -0.2) is 19.7 Å². The predicted octanol–water partition coefficient (Wildman–Crippen LogP) is 3.92. The number of hydrogen-bond acceptors (Lipinski definition) is 4. The van der Waals surface area contributed by atoms with Crippen molar-refractivity contribution < 1.29 is 4.74 Å². The molecule has 0 bridgehead atoms. The number of aromatic nitrogens is 4. The first kappa shape index (κ1) is 13.5. The highest BCUT2D eigenvalue weighted by molar-refractivity contribution is 5.80. The van der Waals surface area contributed by atoms with Gasteiger partial charge in [-0.05, 0) is 37.3 Å². The van der Waals surface area contributed by atoms with Gasteiger partial charge in [-0.1, -0.05) is 18.2 Å². The average molecular weight is 302 g/mol. The number of rotatable bonds is 3. The lowest BCUT2D eigenvalue weighted by Gasteiger charge is -2.07. The molecule has 0 atom stereocenters. The second kappa shape index (κ2) is 5.53. The van der Waals surface area contributed by atoms with E-state index in [-0.39, 0.29) is 0 Å². The molecule has 0 aliphatic heterocycles. The minimum absolute atomic E-state index is 0.537. The zero-order valence-electron chi connectivity index (χ0n) is 12.5. The van der Waals surface area contributed by atoms with Crippen molar-refractivity contribution in [1.29, 1.82) is 0 Å². The highest BCUT2D eigenvalue weighted by Gasteiger charge is 2.05. The maximum atomic E-state index is 5.74. The van der Waals surface area contributed by atoms with Crippen molar-refractivity contribution in [2.24, 2.45) is 0 Å². The van der Waals surface area contributed by atoms with Gasteiger partial charge in [0.15, 0.2) is 0 Å². The van der Waals surface area contributed by atoms with Crippen molar-refractivity contribution in [3.05, 3.63) is 72.8 Å². The summed E-state index contributed by atoms with van der Waals surface area (Å²) in [5, 5.41) is 5.56. The number of benzene rings is 2. The molecule has 0 saturated heterocycles. The molecule has 0 spiro atoms. The average Bonchev–Trinajstić information content (AvgIpc) is 3.00. The smallest absolute Gasteiger partial charge is 0.222 e. The third-order valence-corrected chi connectivity index (χ3v) is 3.53. The van der Waals surface area contributed by atoms with Crippen LogP contribution in [0.2, 0.25) is 0 Å². The van der Waals surface area contributed by atoms with Crippen molar-refractivity contribution in [1.82, 2.24) is 19.7 Å². The van der Waals surface area contributed by atoms with E-state index in [2.05, 4.69) is 21.1 Å². The highest BCUT2D eigenvalue weighted by atomic mass is 16.5. The Bertz CT molecular complexity index is 960. The Balaban J connectivity index is 1.63. The van der Waals surface area contributed by atoms with Crippen LogP contribution in [0.25, 0.3) is 16.6 Å². The lowest BCUT2D eigenvalue weighted by Crippen LogP contribution is -1.96. The van der Waals surface area contributed by atoms with E-state index in [0.29, 0.717) is 11.7 Å². The van der Waals surface area contributed by atoms with Gasteiger partial charge in [-0.3, -0.25) is 0 Å². The summed E-state index contributed by atoms with van der Waals surface area (Å²) in [6.45, 7) is 1.83. The van der Waals surface area contributed by atoms with Gasteiger partial charge in [0.25, 0.3) is 0 Å². The van der Waals surface area contributed by atoms with Crippen molar-refractivity contribution in [2.75, 3.05) is 0 Å². The maximum absolute atomic E-state index is 5.74. The highest BCUT2D eigenvalue weighted by Crippen LogP contribution is 2.23. The largest absolute Gasteiger partial charge is 0.439 e. The van der Waals surface area contributed by atoms with Gasteiger partial charge in [-0.25, -0.2) is 9.67 Å². The molecular formula is C18H14N4O. The van der Waals surface area contributed by atoms with E-state index in [1.54, 1.807) is 12.3 Å². The molecule has 4 rings (SSSR count). The molecule has 0 unspecified atom stereocenters. The molecule has 0 amide bonds. The van der Waals surface area contributed by atoms with E-state index in [4.69, 9.17) is 4.74 Å². The second-order valence-electron chi connectivity index (χ2n) is 5.15. The molecule has 23 heavy (non-hydrogen) atoms. The topological polar surface area (TPSA) is 52.8 Å². The van der Waals surface area contributed by atoms with Crippen LogP contribution in [-0.2, 0) is 0 Å². The first-order valence-electron chi connectivity index (χ1n) is 7.30. The van der Waals surface area contributed by atoms with E-state index in [9.17, 15) is 0 Å². The van der Waals surface area contributed by atoms with Gasteiger partial charge in [-0.2, -0.15) is 10.1 Å². The van der Waals surface area contributed by atoms with Crippen LogP contribution < -0.4 is 4.74 Å². The van der Waals surface area contributed by atoms with E-state index < -0.39 is 0 Å². The summed E-state index contributed by atoms with van der Waals surface area (Å²) < 4.78 is 7.65. The third-order valence-electron chi connectivity index (χ3n) is 3.53. The number of hydrogen-bond donors (Lipinski definition) is 0. The Hall–Kier alpha value is -3.21. The minimum atomic E-state index is 0.537. The Kier molecular flexibility index (Phi) is 3.24. The van der Waals surface area contributed by atoms with Gasteiger partial charge >= 0.3 is 0 Å². The summed E-state index contributed by atoms with van der Waals surface area (Å²) >= 11 is 0. The van der Waals surface area contributed by atoms with Crippen molar-refractivity contribution in [3.63, 3.8) is 0 Å². The molecule has 0 radical (unpaired) electrons. The molecule has 0 saturated carbocycles. The maximum Gasteiger partial charge on any atom is 0.222 e. The van der Waals surface area contributed by atoms with Crippen molar-refractivity contribution in [2.45, 2.75) is 6.92 Å². The standard InChI is InChI=1S/C18H14N4O/c1-13-19-11-10-18(21-13)23-16-8-6-15(7-9-16)22-17-5-3-2-4-14(17)12-20-22/h2-12H,1H3. The molecule has 5 heteroatoms. The zero-order chi connectivity index (χ0) is 15.6. The Labute approximate surface area is 133 Å². The van der Waals surface area contributed by atoms with E-state index >= 15 is 0 Å². The van der Waals surface area contributed by atoms with Crippen LogP contribution in [0.3, 0.4) is 0 Å². The number of para-hydroxylation sites is 1. The van der Waals surface area contributed by atoms with Gasteiger partial charge < -0.3 is 4.74 Å². The molecule has 0 fully saturated rings. The summed E-state index contributed by atoms with van der Waals surface area (Å²) in [4.78, 5) is 8.29. The van der Waals surface area contributed by atoms with Gasteiger partial charge in [0.2, 0.25) is 5.88 Å². The Morgan fingerprint density at radius 3 is 2.61 bits per heavy atom. The zero-order valence-corrected chi connectivity index (χ0v) is 12.5. The third kappa shape index (κ3) is 2.64. The molecule has 0 aliphatic rings. The van der Waals surface area contributed by atoms with Crippen LogP contribution >= 0.6 is 0 Å². The Morgan fingerprint density at radius 1 is 0.957 bits per heavy atom. The summed E-state index contributed by atoms with van der Waals surface area (Å²) in [5.74, 6) is 1.94.